The average molecular weight is 332 g/mol. The lowest BCUT2D eigenvalue weighted by molar-refractivity contribution is 0.0929. The normalized spacial score (nSPS) is 15.6. The smallest absolute Gasteiger partial charge is 0.262 e. The van der Waals surface area contributed by atoms with Gasteiger partial charge >= 0.3 is 0 Å². The lowest BCUT2D eigenvalue weighted by Crippen LogP contribution is -2.35. The first-order valence-electron chi connectivity index (χ1n) is 7.73. The van der Waals surface area contributed by atoms with Gasteiger partial charge in [0.1, 0.15) is 4.88 Å². The van der Waals surface area contributed by atoms with Crippen LogP contribution in [-0.2, 0) is 5.75 Å². The highest BCUT2D eigenvalue weighted by Crippen LogP contribution is 2.30. The van der Waals surface area contributed by atoms with Gasteiger partial charge in [0.25, 0.3) is 5.91 Å². The number of aromatic nitrogens is 1. The van der Waals surface area contributed by atoms with Crippen molar-refractivity contribution in [2.75, 3.05) is 0 Å². The van der Waals surface area contributed by atoms with Crippen molar-refractivity contribution in [2.24, 2.45) is 0 Å². The topological polar surface area (TPSA) is 42.0 Å². The summed E-state index contributed by atoms with van der Waals surface area (Å²) in [4.78, 5) is 18.4. The molecule has 1 aliphatic rings. The molecule has 0 bridgehead atoms. The maximum Gasteiger partial charge on any atom is 0.262 e. The molecule has 2 heterocycles. The van der Waals surface area contributed by atoms with E-state index in [1.165, 1.54) is 36.2 Å². The van der Waals surface area contributed by atoms with E-state index in [-0.39, 0.29) is 5.91 Å². The van der Waals surface area contributed by atoms with Gasteiger partial charge in [-0.05, 0) is 42.0 Å². The van der Waals surface area contributed by atoms with Crippen LogP contribution in [0.5, 0.6) is 0 Å². The second-order valence-corrected chi connectivity index (χ2v) is 7.50. The van der Waals surface area contributed by atoms with Gasteiger partial charge in [-0.3, -0.25) is 9.78 Å². The molecule has 0 aromatic carbocycles. The molecule has 2 aromatic rings. The molecular formula is C17H20N2OS2. The van der Waals surface area contributed by atoms with Crippen LogP contribution in [0.3, 0.4) is 0 Å². The number of hydrogen-bond donors (Lipinski definition) is 1. The molecule has 5 heteroatoms. The molecule has 0 radical (unpaired) electrons. The zero-order chi connectivity index (χ0) is 15.2. The van der Waals surface area contributed by atoms with E-state index in [4.69, 9.17) is 0 Å². The maximum atomic E-state index is 12.5. The van der Waals surface area contributed by atoms with Crippen molar-refractivity contribution in [3.05, 3.63) is 46.4 Å². The van der Waals surface area contributed by atoms with E-state index in [2.05, 4.69) is 10.3 Å². The lowest BCUT2D eigenvalue weighted by Gasteiger charge is -2.22. The predicted molar refractivity (Wildman–Crippen MR) is 92.5 cm³/mol. The van der Waals surface area contributed by atoms with Crippen molar-refractivity contribution in [3.63, 3.8) is 0 Å². The van der Waals surface area contributed by atoms with E-state index in [9.17, 15) is 4.79 Å². The number of rotatable bonds is 5. The third-order valence-corrected chi connectivity index (χ3v) is 6.09. The number of nitrogens with zero attached hydrogens (tertiary/aromatic N) is 1. The standard InChI is InChI=1S/C17H20N2OS2/c20-17(19-14-4-2-1-3-5-14)16-15(8-11-21-16)22-12-13-6-9-18-10-7-13/h6-11,14H,1-5,12H2,(H,19,20). The van der Waals surface area contributed by atoms with Crippen LogP contribution in [-0.4, -0.2) is 16.9 Å². The fraction of sp³-hybridized carbons (Fsp3) is 0.412. The quantitative estimate of drug-likeness (QED) is 0.820. The predicted octanol–water partition coefficient (Wildman–Crippen LogP) is 4.50. The Kier molecular flexibility index (Phi) is 5.51. The highest BCUT2D eigenvalue weighted by molar-refractivity contribution is 7.98. The fourth-order valence-corrected chi connectivity index (χ4v) is 4.71. The molecule has 3 nitrogen and oxygen atoms in total. The summed E-state index contributed by atoms with van der Waals surface area (Å²) in [5, 5.41) is 5.21. The summed E-state index contributed by atoms with van der Waals surface area (Å²) >= 11 is 3.26. The van der Waals surface area contributed by atoms with Gasteiger partial charge in [0.2, 0.25) is 0 Å². The van der Waals surface area contributed by atoms with Crippen LogP contribution < -0.4 is 5.32 Å². The third-order valence-electron chi connectivity index (χ3n) is 3.92. The summed E-state index contributed by atoms with van der Waals surface area (Å²) in [5.74, 6) is 0.960. The largest absolute Gasteiger partial charge is 0.349 e. The minimum absolute atomic E-state index is 0.0964. The molecule has 0 aliphatic heterocycles. The van der Waals surface area contributed by atoms with Crippen molar-refractivity contribution in [1.82, 2.24) is 10.3 Å². The van der Waals surface area contributed by atoms with Crippen molar-refractivity contribution < 1.29 is 4.79 Å². The summed E-state index contributed by atoms with van der Waals surface area (Å²) in [7, 11) is 0. The highest BCUT2D eigenvalue weighted by Gasteiger charge is 2.19. The summed E-state index contributed by atoms with van der Waals surface area (Å²) in [6.45, 7) is 0. The Balaban J connectivity index is 1.60. The number of nitrogens with one attached hydrogen (secondary N) is 1. The summed E-state index contributed by atoms with van der Waals surface area (Å²) in [6.07, 6.45) is 9.63. The molecule has 1 aliphatic carbocycles. The van der Waals surface area contributed by atoms with Gasteiger partial charge in [0, 0.05) is 29.1 Å². The van der Waals surface area contributed by atoms with Gasteiger partial charge in [0.05, 0.1) is 0 Å². The van der Waals surface area contributed by atoms with E-state index in [1.54, 1.807) is 24.2 Å². The van der Waals surface area contributed by atoms with Gasteiger partial charge in [-0.2, -0.15) is 0 Å². The molecule has 22 heavy (non-hydrogen) atoms. The van der Waals surface area contributed by atoms with Crippen LogP contribution in [0.25, 0.3) is 0 Å². The maximum absolute atomic E-state index is 12.5. The molecule has 0 unspecified atom stereocenters. The van der Waals surface area contributed by atoms with Crippen LogP contribution in [0.4, 0.5) is 0 Å². The number of carbonyl (C=O) groups is 1. The lowest BCUT2D eigenvalue weighted by atomic mass is 9.95. The Hall–Kier alpha value is -1.33. The van der Waals surface area contributed by atoms with E-state index >= 15 is 0 Å². The first-order chi connectivity index (χ1) is 10.8. The van der Waals surface area contributed by atoms with Crippen molar-refractivity contribution in [3.8, 4) is 0 Å². The Morgan fingerprint density at radius 1 is 1.23 bits per heavy atom. The van der Waals surface area contributed by atoms with E-state index in [0.29, 0.717) is 6.04 Å². The Labute approximate surface area is 139 Å². The minimum atomic E-state index is 0.0964. The zero-order valence-corrected chi connectivity index (χ0v) is 14.1. The highest BCUT2D eigenvalue weighted by atomic mass is 32.2. The van der Waals surface area contributed by atoms with E-state index in [0.717, 1.165) is 28.4 Å². The molecule has 0 spiro atoms. The second-order valence-electron chi connectivity index (χ2n) is 5.57. The molecule has 0 saturated heterocycles. The molecule has 1 fully saturated rings. The number of thioether (sulfide) groups is 1. The fourth-order valence-electron chi connectivity index (χ4n) is 2.71. The van der Waals surface area contributed by atoms with Gasteiger partial charge in [-0.15, -0.1) is 23.1 Å². The van der Waals surface area contributed by atoms with Crippen LogP contribution >= 0.6 is 23.1 Å². The monoisotopic (exact) mass is 332 g/mol. The molecule has 1 saturated carbocycles. The molecule has 0 atom stereocenters. The molecule has 1 amide bonds. The molecule has 116 valence electrons. The van der Waals surface area contributed by atoms with Gasteiger partial charge in [-0.1, -0.05) is 19.3 Å². The first kappa shape index (κ1) is 15.6. The van der Waals surface area contributed by atoms with Gasteiger partial charge in [0.15, 0.2) is 0 Å². The zero-order valence-electron chi connectivity index (χ0n) is 12.5. The number of hydrogen-bond acceptors (Lipinski definition) is 4. The molecular weight excluding hydrogens is 312 g/mol. The van der Waals surface area contributed by atoms with Gasteiger partial charge in [-0.25, -0.2) is 0 Å². The number of amides is 1. The second kappa shape index (κ2) is 7.79. The molecule has 3 rings (SSSR count). The molecule has 1 N–H and O–H groups in total. The SMILES string of the molecule is O=C(NC1CCCCC1)c1sccc1SCc1ccncc1. The molecule has 2 aromatic heterocycles. The number of carbonyl (C=O) groups excluding carboxylic acids is 1. The summed E-state index contributed by atoms with van der Waals surface area (Å²) in [6, 6.07) is 6.44. The number of pyridine rings is 1. The first-order valence-corrected chi connectivity index (χ1v) is 9.59. The third kappa shape index (κ3) is 4.11. The Morgan fingerprint density at radius 3 is 2.77 bits per heavy atom. The average Bonchev–Trinajstić information content (AvgIpc) is 3.03. The van der Waals surface area contributed by atoms with Crippen LogP contribution in [0.2, 0.25) is 0 Å². The van der Waals surface area contributed by atoms with Crippen LogP contribution in [0, 0.1) is 0 Å². The minimum Gasteiger partial charge on any atom is -0.349 e. The number of thiophene rings is 1. The van der Waals surface area contributed by atoms with E-state index < -0.39 is 0 Å². The van der Waals surface area contributed by atoms with E-state index in [1.807, 2.05) is 23.6 Å². The van der Waals surface area contributed by atoms with Crippen LogP contribution in [0.15, 0.2) is 40.9 Å². The Bertz CT molecular complexity index is 606. The Morgan fingerprint density at radius 2 is 2.00 bits per heavy atom. The summed E-state index contributed by atoms with van der Waals surface area (Å²) < 4.78 is 0. The summed E-state index contributed by atoms with van der Waals surface area (Å²) in [5.41, 5.74) is 1.23. The van der Waals surface area contributed by atoms with Crippen molar-refractivity contribution in [2.45, 2.75) is 48.8 Å². The van der Waals surface area contributed by atoms with Crippen molar-refractivity contribution >= 4 is 29.0 Å². The van der Waals surface area contributed by atoms with Crippen molar-refractivity contribution in [1.29, 1.82) is 0 Å². The van der Waals surface area contributed by atoms with Gasteiger partial charge < -0.3 is 5.32 Å². The van der Waals surface area contributed by atoms with Crippen LogP contribution in [0.1, 0.15) is 47.3 Å².